The van der Waals surface area contributed by atoms with Crippen LogP contribution in [0.5, 0.6) is 5.75 Å². The standard InChI is InChI=1S/C30H21BrN2O3/c31-19-15-16-24-21(17-19)26-25(28(34)36-24)27(18-9-3-1-4-10-18)32-30(26)22-13-7-8-14-23(22)33(29(30)35)20-11-5-2-6-12-20/h1-17,25-27,32H/t25-,26+,27+,30-/m0/s1. The van der Waals surface area contributed by atoms with E-state index in [4.69, 9.17) is 4.74 Å². The summed E-state index contributed by atoms with van der Waals surface area (Å²) in [7, 11) is 0. The Hall–Kier alpha value is -3.74. The van der Waals surface area contributed by atoms with Crippen molar-refractivity contribution >= 4 is 39.2 Å². The number of anilines is 2. The Bertz CT molecular complexity index is 1520. The normalized spacial score (nSPS) is 25.9. The fourth-order valence-corrected chi connectivity index (χ4v) is 6.62. The summed E-state index contributed by atoms with van der Waals surface area (Å²) in [5.74, 6) is -0.955. The molecule has 0 unspecified atom stereocenters. The third kappa shape index (κ3) is 2.85. The summed E-state index contributed by atoms with van der Waals surface area (Å²) in [6.07, 6.45) is 0. The molecule has 176 valence electrons. The summed E-state index contributed by atoms with van der Waals surface area (Å²) in [4.78, 5) is 30.1. The van der Waals surface area contributed by atoms with E-state index in [-0.39, 0.29) is 11.9 Å². The van der Waals surface area contributed by atoms with E-state index in [9.17, 15) is 9.59 Å². The van der Waals surface area contributed by atoms with Crippen molar-refractivity contribution in [1.29, 1.82) is 0 Å². The minimum absolute atomic E-state index is 0.0936. The number of para-hydroxylation sites is 2. The number of nitrogens with one attached hydrogen (secondary N) is 1. The van der Waals surface area contributed by atoms with Gasteiger partial charge in [-0.05, 0) is 42.0 Å². The van der Waals surface area contributed by atoms with Crippen LogP contribution in [-0.4, -0.2) is 11.9 Å². The highest BCUT2D eigenvalue weighted by Gasteiger charge is 2.68. The number of ether oxygens (including phenoxy) is 1. The lowest BCUT2D eigenvalue weighted by atomic mass is 9.70. The van der Waals surface area contributed by atoms with Gasteiger partial charge in [0.2, 0.25) is 0 Å². The number of nitrogens with zero attached hydrogens (tertiary/aromatic N) is 1. The van der Waals surface area contributed by atoms with Crippen LogP contribution >= 0.6 is 15.9 Å². The van der Waals surface area contributed by atoms with Gasteiger partial charge in [-0.15, -0.1) is 0 Å². The third-order valence-corrected chi connectivity index (χ3v) is 8.13. The zero-order chi connectivity index (χ0) is 24.4. The van der Waals surface area contributed by atoms with Crippen molar-refractivity contribution in [3.05, 3.63) is 124 Å². The average molecular weight is 537 g/mol. The molecule has 3 aliphatic heterocycles. The van der Waals surface area contributed by atoms with Crippen LogP contribution in [0.25, 0.3) is 0 Å². The number of hydrogen-bond donors (Lipinski definition) is 1. The molecule has 0 aliphatic carbocycles. The molecule has 0 aromatic heterocycles. The number of carbonyl (C=O) groups excluding carboxylic acids is 2. The van der Waals surface area contributed by atoms with Crippen molar-refractivity contribution in [2.24, 2.45) is 5.92 Å². The maximum atomic E-state index is 14.7. The zero-order valence-electron chi connectivity index (χ0n) is 19.1. The number of esters is 1. The first kappa shape index (κ1) is 21.5. The van der Waals surface area contributed by atoms with Crippen molar-refractivity contribution in [1.82, 2.24) is 5.32 Å². The van der Waals surface area contributed by atoms with E-state index >= 15 is 0 Å². The quantitative estimate of drug-likeness (QED) is 0.252. The average Bonchev–Trinajstić information content (AvgIpc) is 3.40. The molecule has 6 heteroatoms. The topological polar surface area (TPSA) is 58.6 Å². The molecule has 3 heterocycles. The molecular weight excluding hydrogens is 516 g/mol. The summed E-state index contributed by atoms with van der Waals surface area (Å²) in [5, 5.41) is 3.71. The molecule has 4 aromatic carbocycles. The van der Waals surface area contributed by atoms with E-state index < -0.39 is 23.4 Å². The Balaban J connectivity index is 1.52. The summed E-state index contributed by atoms with van der Waals surface area (Å²) >= 11 is 3.60. The van der Waals surface area contributed by atoms with Crippen LogP contribution in [0.4, 0.5) is 11.4 Å². The first-order valence-corrected chi connectivity index (χ1v) is 12.7. The molecule has 4 aromatic rings. The SMILES string of the molecule is O=C1Oc2ccc(Br)cc2[C@@H]2[C@H]1[C@@H](c1ccccc1)N[C@]21C(=O)N(c2ccccc2)c2ccccc21. The largest absolute Gasteiger partial charge is 0.426 e. The van der Waals surface area contributed by atoms with Crippen LogP contribution in [0.3, 0.4) is 0 Å². The molecule has 5 nitrogen and oxygen atoms in total. The summed E-state index contributed by atoms with van der Waals surface area (Å²) < 4.78 is 6.74. The fourth-order valence-electron chi connectivity index (χ4n) is 6.24. The number of hydrogen-bond acceptors (Lipinski definition) is 4. The van der Waals surface area contributed by atoms with Gasteiger partial charge in [-0.2, -0.15) is 0 Å². The lowest BCUT2D eigenvalue weighted by molar-refractivity contribution is -0.141. The molecule has 0 bridgehead atoms. The molecule has 1 N–H and O–H groups in total. The van der Waals surface area contributed by atoms with E-state index in [1.165, 1.54) is 0 Å². The van der Waals surface area contributed by atoms with Crippen LogP contribution in [0, 0.1) is 5.92 Å². The lowest BCUT2D eigenvalue weighted by Gasteiger charge is -2.35. The molecule has 1 amide bonds. The minimum atomic E-state index is -1.15. The smallest absolute Gasteiger partial charge is 0.317 e. The second-order valence-electron chi connectivity index (χ2n) is 9.44. The van der Waals surface area contributed by atoms with Gasteiger partial charge in [0.05, 0.1) is 11.6 Å². The van der Waals surface area contributed by atoms with Crippen molar-refractivity contribution < 1.29 is 14.3 Å². The van der Waals surface area contributed by atoms with Gasteiger partial charge in [-0.1, -0.05) is 82.7 Å². The number of halogens is 1. The molecular formula is C30H21BrN2O3. The van der Waals surface area contributed by atoms with Gasteiger partial charge in [0.1, 0.15) is 11.3 Å². The molecule has 0 saturated carbocycles. The third-order valence-electron chi connectivity index (χ3n) is 7.64. The predicted octanol–water partition coefficient (Wildman–Crippen LogP) is 5.99. The van der Waals surface area contributed by atoms with Gasteiger partial charge in [0.15, 0.2) is 0 Å². The molecule has 0 radical (unpaired) electrons. The second-order valence-corrected chi connectivity index (χ2v) is 10.4. The monoisotopic (exact) mass is 536 g/mol. The molecule has 1 saturated heterocycles. The maximum Gasteiger partial charge on any atom is 0.317 e. The van der Waals surface area contributed by atoms with Crippen LogP contribution < -0.4 is 15.0 Å². The molecule has 1 spiro atoms. The van der Waals surface area contributed by atoms with E-state index in [1.807, 2.05) is 97.1 Å². The van der Waals surface area contributed by atoms with Gasteiger partial charge >= 0.3 is 5.97 Å². The first-order chi connectivity index (χ1) is 17.6. The highest BCUT2D eigenvalue weighted by molar-refractivity contribution is 9.10. The molecule has 36 heavy (non-hydrogen) atoms. The first-order valence-electron chi connectivity index (χ1n) is 11.9. The number of fused-ring (bicyclic) bond motifs is 6. The van der Waals surface area contributed by atoms with Crippen molar-refractivity contribution in [2.45, 2.75) is 17.5 Å². The Kier molecular flexibility index (Phi) is 4.72. The highest BCUT2D eigenvalue weighted by Crippen LogP contribution is 2.62. The minimum Gasteiger partial charge on any atom is -0.426 e. The van der Waals surface area contributed by atoms with Crippen molar-refractivity contribution in [2.75, 3.05) is 4.90 Å². The summed E-state index contributed by atoms with van der Waals surface area (Å²) in [6, 6.07) is 32.7. The number of amides is 1. The Morgan fingerprint density at radius 3 is 2.31 bits per heavy atom. The van der Waals surface area contributed by atoms with E-state index in [2.05, 4.69) is 21.2 Å². The van der Waals surface area contributed by atoms with Gasteiger partial charge in [-0.3, -0.25) is 19.8 Å². The van der Waals surface area contributed by atoms with Gasteiger partial charge < -0.3 is 4.74 Å². The van der Waals surface area contributed by atoms with Crippen LogP contribution in [0.1, 0.15) is 28.7 Å². The molecule has 1 fully saturated rings. The molecule has 7 rings (SSSR count). The Labute approximate surface area is 216 Å². The zero-order valence-corrected chi connectivity index (χ0v) is 20.7. The lowest BCUT2D eigenvalue weighted by Crippen LogP contribution is -2.50. The Morgan fingerprint density at radius 1 is 0.833 bits per heavy atom. The number of carbonyl (C=O) groups is 2. The van der Waals surface area contributed by atoms with Crippen LogP contribution in [0.15, 0.2) is 108 Å². The predicted molar refractivity (Wildman–Crippen MR) is 140 cm³/mol. The number of benzene rings is 4. The van der Waals surface area contributed by atoms with Crippen LogP contribution in [0.2, 0.25) is 0 Å². The fraction of sp³-hybridized carbons (Fsp3) is 0.133. The number of rotatable bonds is 2. The highest BCUT2D eigenvalue weighted by atomic mass is 79.9. The summed E-state index contributed by atoms with van der Waals surface area (Å²) in [5.41, 5.74) is 3.13. The maximum absolute atomic E-state index is 14.7. The van der Waals surface area contributed by atoms with Gasteiger partial charge in [0.25, 0.3) is 5.91 Å². The summed E-state index contributed by atoms with van der Waals surface area (Å²) in [6.45, 7) is 0. The Morgan fingerprint density at radius 2 is 1.53 bits per heavy atom. The van der Waals surface area contributed by atoms with E-state index in [1.54, 1.807) is 11.0 Å². The van der Waals surface area contributed by atoms with Gasteiger partial charge in [0, 0.05) is 33.2 Å². The van der Waals surface area contributed by atoms with Gasteiger partial charge in [-0.25, -0.2) is 0 Å². The molecule has 3 aliphatic rings. The van der Waals surface area contributed by atoms with Crippen molar-refractivity contribution in [3.8, 4) is 5.75 Å². The van der Waals surface area contributed by atoms with E-state index in [0.29, 0.717) is 5.75 Å². The molecule has 4 atom stereocenters. The van der Waals surface area contributed by atoms with E-state index in [0.717, 1.165) is 32.5 Å². The van der Waals surface area contributed by atoms with Crippen LogP contribution in [-0.2, 0) is 15.1 Å². The second kappa shape index (κ2) is 7.88. The van der Waals surface area contributed by atoms with Crippen molar-refractivity contribution in [3.63, 3.8) is 0 Å².